The fraction of sp³-hybridized carbons (Fsp3) is 0.500. The second-order valence-corrected chi connectivity index (χ2v) is 4.40. The minimum absolute atomic E-state index is 0.0184. The number of amides is 1. The van der Waals surface area contributed by atoms with Crippen molar-refractivity contribution in [2.24, 2.45) is 5.73 Å². The van der Waals surface area contributed by atoms with Gasteiger partial charge in [-0.1, -0.05) is 6.07 Å². The average molecular weight is 275 g/mol. The van der Waals surface area contributed by atoms with Gasteiger partial charge in [-0.15, -0.1) is 0 Å². The summed E-state index contributed by atoms with van der Waals surface area (Å²) in [5.74, 6) is -0.740. The summed E-state index contributed by atoms with van der Waals surface area (Å²) in [6, 6.07) is 2.40. The maximum Gasteiger partial charge on any atom is 0.406 e. The lowest BCUT2D eigenvalue weighted by Gasteiger charge is -2.27. The number of hydrogen-bond donors (Lipinski definition) is 1. The fourth-order valence-corrected chi connectivity index (χ4v) is 1.50. The molecular weight excluding hydrogens is 259 g/mol. The molecule has 2 N–H and O–H groups in total. The van der Waals surface area contributed by atoms with Gasteiger partial charge in [0.05, 0.1) is 0 Å². The van der Waals surface area contributed by atoms with E-state index in [0.29, 0.717) is 5.56 Å². The Bertz CT molecular complexity index is 429. The van der Waals surface area contributed by atoms with Crippen LogP contribution in [0.25, 0.3) is 0 Å². The van der Waals surface area contributed by atoms with Crippen LogP contribution >= 0.6 is 0 Å². The van der Waals surface area contributed by atoms with Crippen molar-refractivity contribution in [3.63, 3.8) is 0 Å². The van der Waals surface area contributed by atoms with E-state index in [-0.39, 0.29) is 12.2 Å². The van der Waals surface area contributed by atoms with E-state index in [0.717, 1.165) is 4.90 Å². The largest absolute Gasteiger partial charge is 0.406 e. The molecule has 0 atom stereocenters. The zero-order chi connectivity index (χ0) is 14.6. The third-order valence-corrected chi connectivity index (χ3v) is 2.51. The minimum Gasteiger partial charge on any atom is -0.326 e. The Kier molecular flexibility index (Phi) is 4.88. The van der Waals surface area contributed by atoms with Crippen LogP contribution in [0.15, 0.2) is 18.3 Å². The number of carbonyl (C=O) groups is 1. The molecule has 1 aromatic heterocycles. The summed E-state index contributed by atoms with van der Waals surface area (Å²) >= 11 is 0. The molecule has 1 heterocycles. The van der Waals surface area contributed by atoms with Crippen LogP contribution in [0.3, 0.4) is 0 Å². The topological polar surface area (TPSA) is 59.2 Å². The number of halogens is 3. The molecule has 0 radical (unpaired) electrons. The normalized spacial score (nSPS) is 11.7. The van der Waals surface area contributed by atoms with Gasteiger partial charge in [0.15, 0.2) is 0 Å². The SMILES string of the molecule is CC(C)N(CC(F)(F)F)C(=O)c1ccc(CN)cn1. The second kappa shape index (κ2) is 6.01. The van der Waals surface area contributed by atoms with Gasteiger partial charge in [-0.2, -0.15) is 13.2 Å². The van der Waals surface area contributed by atoms with Gasteiger partial charge in [-0.25, -0.2) is 0 Å². The summed E-state index contributed by atoms with van der Waals surface area (Å²) in [4.78, 5) is 16.6. The van der Waals surface area contributed by atoms with Crippen molar-refractivity contribution in [2.75, 3.05) is 6.54 Å². The van der Waals surface area contributed by atoms with Crippen LogP contribution in [-0.2, 0) is 6.54 Å². The van der Waals surface area contributed by atoms with E-state index in [9.17, 15) is 18.0 Å². The Morgan fingerprint density at radius 3 is 2.42 bits per heavy atom. The Morgan fingerprint density at radius 2 is 2.05 bits per heavy atom. The molecule has 0 aromatic carbocycles. The highest BCUT2D eigenvalue weighted by Gasteiger charge is 2.34. The number of rotatable bonds is 4. The Hall–Kier alpha value is -1.63. The molecule has 0 aliphatic rings. The molecule has 0 spiro atoms. The first-order chi connectivity index (χ1) is 8.74. The highest BCUT2D eigenvalue weighted by Crippen LogP contribution is 2.19. The second-order valence-electron chi connectivity index (χ2n) is 4.40. The third kappa shape index (κ3) is 4.51. The zero-order valence-electron chi connectivity index (χ0n) is 10.7. The summed E-state index contributed by atoms with van der Waals surface area (Å²) in [6.45, 7) is 2.03. The lowest BCUT2D eigenvalue weighted by atomic mass is 10.2. The number of hydrogen-bond acceptors (Lipinski definition) is 3. The molecule has 0 unspecified atom stereocenters. The molecule has 0 saturated heterocycles. The van der Waals surface area contributed by atoms with Crippen molar-refractivity contribution >= 4 is 5.91 Å². The summed E-state index contributed by atoms with van der Waals surface area (Å²) in [5, 5.41) is 0. The van der Waals surface area contributed by atoms with E-state index in [1.807, 2.05) is 0 Å². The first-order valence-electron chi connectivity index (χ1n) is 5.77. The summed E-state index contributed by atoms with van der Waals surface area (Å²) in [7, 11) is 0. The maximum absolute atomic E-state index is 12.4. The van der Waals surface area contributed by atoms with Crippen LogP contribution in [0.2, 0.25) is 0 Å². The lowest BCUT2D eigenvalue weighted by molar-refractivity contribution is -0.143. The molecule has 1 amide bonds. The summed E-state index contributed by atoms with van der Waals surface area (Å²) < 4.78 is 37.3. The Labute approximate surface area is 109 Å². The lowest BCUT2D eigenvalue weighted by Crippen LogP contribution is -2.43. The number of nitrogens with zero attached hydrogens (tertiary/aromatic N) is 2. The molecule has 0 aliphatic carbocycles. The summed E-state index contributed by atoms with van der Waals surface area (Å²) in [5.41, 5.74) is 6.08. The molecule has 0 saturated carbocycles. The van der Waals surface area contributed by atoms with Crippen molar-refractivity contribution in [3.05, 3.63) is 29.6 Å². The van der Waals surface area contributed by atoms with Gasteiger partial charge in [-0.05, 0) is 25.5 Å². The van der Waals surface area contributed by atoms with E-state index < -0.39 is 24.7 Å². The zero-order valence-corrected chi connectivity index (χ0v) is 10.7. The van der Waals surface area contributed by atoms with E-state index in [4.69, 9.17) is 5.73 Å². The van der Waals surface area contributed by atoms with Gasteiger partial charge >= 0.3 is 6.18 Å². The molecule has 0 aliphatic heterocycles. The minimum atomic E-state index is -4.43. The van der Waals surface area contributed by atoms with Crippen LogP contribution in [0.1, 0.15) is 29.9 Å². The number of aromatic nitrogens is 1. The maximum atomic E-state index is 12.4. The molecular formula is C12H16F3N3O. The van der Waals surface area contributed by atoms with Crippen LogP contribution < -0.4 is 5.73 Å². The molecule has 7 heteroatoms. The van der Waals surface area contributed by atoms with Gasteiger partial charge < -0.3 is 10.6 Å². The average Bonchev–Trinajstić information content (AvgIpc) is 2.34. The van der Waals surface area contributed by atoms with Crippen molar-refractivity contribution < 1.29 is 18.0 Å². The number of alkyl halides is 3. The van der Waals surface area contributed by atoms with Crippen LogP contribution in [0, 0.1) is 0 Å². The first kappa shape index (κ1) is 15.4. The number of pyridine rings is 1. The molecule has 106 valence electrons. The van der Waals surface area contributed by atoms with Crippen molar-refractivity contribution in [1.82, 2.24) is 9.88 Å². The van der Waals surface area contributed by atoms with Gasteiger partial charge in [0.1, 0.15) is 12.2 Å². The molecule has 1 rings (SSSR count). The van der Waals surface area contributed by atoms with Gasteiger partial charge in [-0.3, -0.25) is 9.78 Å². The van der Waals surface area contributed by atoms with Crippen molar-refractivity contribution in [3.8, 4) is 0 Å². The quantitative estimate of drug-likeness (QED) is 0.913. The third-order valence-electron chi connectivity index (χ3n) is 2.51. The fourth-order valence-electron chi connectivity index (χ4n) is 1.50. The van der Waals surface area contributed by atoms with Gasteiger partial charge in [0.2, 0.25) is 0 Å². The molecule has 4 nitrogen and oxygen atoms in total. The Morgan fingerprint density at radius 1 is 1.42 bits per heavy atom. The molecule has 19 heavy (non-hydrogen) atoms. The number of nitrogens with two attached hydrogens (primary N) is 1. The van der Waals surface area contributed by atoms with Crippen LogP contribution in [0.5, 0.6) is 0 Å². The van der Waals surface area contributed by atoms with E-state index in [1.54, 1.807) is 6.07 Å². The van der Waals surface area contributed by atoms with Gasteiger partial charge in [0, 0.05) is 18.8 Å². The highest BCUT2D eigenvalue weighted by molar-refractivity contribution is 5.92. The predicted molar refractivity (Wildman–Crippen MR) is 64.4 cm³/mol. The van der Waals surface area contributed by atoms with Crippen molar-refractivity contribution in [1.29, 1.82) is 0 Å². The van der Waals surface area contributed by atoms with Crippen LogP contribution in [-0.4, -0.2) is 34.6 Å². The van der Waals surface area contributed by atoms with Crippen LogP contribution in [0.4, 0.5) is 13.2 Å². The smallest absolute Gasteiger partial charge is 0.326 e. The molecule has 1 aromatic rings. The first-order valence-corrected chi connectivity index (χ1v) is 5.77. The molecule has 0 fully saturated rings. The molecule has 0 bridgehead atoms. The standard InChI is InChI=1S/C12H16F3N3O/c1-8(2)18(7-12(13,14)15)11(19)10-4-3-9(5-16)6-17-10/h3-4,6,8H,5,7,16H2,1-2H3. The van der Waals surface area contributed by atoms with Gasteiger partial charge in [0.25, 0.3) is 5.91 Å². The number of carbonyl (C=O) groups excluding carboxylic acids is 1. The summed E-state index contributed by atoms with van der Waals surface area (Å²) in [6.07, 6.45) is -3.05. The van der Waals surface area contributed by atoms with E-state index >= 15 is 0 Å². The van der Waals surface area contributed by atoms with Crippen molar-refractivity contribution in [2.45, 2.75) is 32.6 Å². The Balaban J connectivity index is 2.92. The highest BCUT2D eigenvalue weighted by atomic mass is 19.4. The van der Waals surface area contributed by atoms with E-state index in [1.165, 1.54) is 26.1 Å². The van der Waals surface area contributed by atoms with E-state index in [2.05, 4.69) is 4.98 Å². The monoisotopic (exact) mass is 275 g/mol. The predicted octanol–water partition coefficient (Wildman–Crippen LogP) is 1.95.